The summed E-state index contributed by atoms with van der Waals surface area (Å²) in [7, 11) is 0.703. The van der Waals surface area contributed by atoms with Crippen LogP contribution in [0.4, 0.5) is 0 Å². The molecule has 5 heteroatoms. The van der Waals surface area contributed by atoms with Crippen LogP contribution in [0.5, 0.6) is 5.75 Å². The fourth-order valence-corrected chi connectivity index (χ4v) is 6.10. The van der Waals surface area contributed by atoms with Crippen molar-refractivity contribution in [2.45, 2.75) is 44.4 Å². The molecule has 0 amide bonds. The molecule has 1 unspecified atom stereocenters. The maximum Gasteiger partial charge on any atom is 0.336 e. The van der Waals surface area contributed by atoms with Gasteiger partial charge >= 0.3 is 6.72 Å². The van der Waals surface area contributed by atoms with Crippen LogP contribution in [0.3, 0.4) is 0 Å². The monoisotopic (exact) mass is 366 g/mol. The minimum Gasteiger partial charge on any atom is -0.428 e. The number of unbranched alkanes of at least 4 members (excludes halogenated alkanes) is 3. The number of thiol groups is 1. The second-order valence-corrected chi connectivity index (χ2v) is 9.90. The van der Waals surface area contributed by atoms with E-state index < -0.39 is 6.72 Å². The van der Waals surface area contributed by atoms with Crippen LogP contribution in [0.25, 0.3) is 0 Å². The third-order valence-electron chi connectivity index (χ3n) is 3.57. The molecule has 3 nitrogen and oxygen atoms in total. The third kappa shape index (κ3) is 6.45. The molecule has 2 aromatic rings. The van der Waals surface area contributed by atoms with E-state index in [1.165, 1.54) is 12.8 Å². The van der Waals surface area contributed by atoms with Gasteiger partial charge in [0.2, 0.25) is 0 Å². The maximum atomic E-state index is 11.1. The van der Waals surface area contributed by atoms with E-state index in [9.17, 15) is 4.89 Å². The van der Waals surface area contributed by atoms with E-state index in [1.807, 2.05) is 61.5 Å². The van der Waals surface area contributed by atoms with E-state index >= 15 is 0 Å². The van der Waals surface area contributed by atoms with Gasteiger partial charge < -0.3 is 13.9 Å². The molecule has 0 spiro atoms. The number of para-hydroxylation sites is 1. The predicted octanol–water partition coefficient (Wildman–Crippen LogP) is 5.51. The first kappa shape index (κ1) is 19.3. The summed E-state index contributed by atoms with van der Waals surface area (Å²) in [4.78, 5) is 12.1. The minimum atomic E-state index is -3.02. The quantitative estimate of drug-likeness (QED) is 0.349. The lowest BCUT2D eigenvalue weighted by Crippen LogP contribution is -2.01. The van der Waals surface area contributed by atoms with Crippen molar-refractivity contribution in [1.29, 1.82) is 0 Å². The molecule has 0 radical (unpaired) electrons. The average molecular weight is 366 g/mol. The molecule has 0 aliphatic rings. The largest absolute Gasteiger partial charge is 0.428 e. The molecule has 1 N–H and O–H groups in total. The van der Waals surface area contributed by atoms with Crippen molar-refractivity contribution >= 4 is 17.7 Å². The van der Waals surface area contributed by atoms with E-state index in [-0.39, 0.29) is 0 Å². The number of rotatable bonds is 9. The molecule has 2 aromatic carbocycles. The summed E-state index contributed by atoms with van der Waals surface area (Å²) in [5, 5.41) is 0. The minimum absolute atomic E-state index is 0.524. The number of hydrogen-bond acceptors (Lipinski definition) is 2. The van der Waals surface area contributed by atoms with E-state index in [1.54, 1.807) is 0 Å². The first-order valence-corrected chi connectivity index (χ1v) is 11.6. The molecule has 0 saturated carbocycles. The van der Waals surface area contributed by atoms with Gasteiger partial charge in [-0.15, -0.1) is 0 Å². The first-order valence-electron chi connectivity index (χ1n) is 8.43. The molecular weight excluding hydrogens is 339 g/mol. The zero-order valence-corrected chi connectivity index (χ0v) is 16.2. The smallest absolute Gasteiger partial charge is 0.336 e. The molecule has 2 rings (SSSR count). The van der Waals surface area contributed by atoms with Gasteiger partial charge in [-0.1, -0.05) is 73.5 Å². The third-order valence-corrected chi connectivity index (χ3v) is 7.51. The van der Waals surface area contributed by atoms with Gasteiger partial charge in [0.15, 0.2) is 0 Å². The zero-order valence-electron chi connectivity index (χ0n) is 14.4. The molecule has 0 aliphatic carbocycles. The molecule has 0 saturated heterocycles. The molecule has 0 heterocycles. The van der Waals surface area contributed by atoms with Crippen molar-refractivity contribution in [3.63, 3.8) is 0 Å². The SMILES string of the molecule is CCCCCCOP(O)(Oc1ccccc1)=[SH]c1ccccc1C. The van der Waals surface area contributed by atoms with Crippen LogP contribution in [-0.2, 0) is 15.5 Å². The summed E-state index contributed by atoms with van der Waals surface area (Å²) in [6.45, 7) is 1.73. The molecule has 24 heavy (non-hydrogen) atoms. The molecular formula is C19H27O3PS. The van der Waals surface area contributed by atoms with Crippen molar-refractivity contribution in [2.75, 3.05) is 6.61 Å². The van der Waals surface area contributed by atoms with Gasteiger partial charge in [0.05, 0.1) is 6.61 Å². The van der Waals surface area contributed by atoms with Crippen LogP contribution in [-0.4, -0.2) is 11.5 Å². The Hall–Kier alpha value is -1.06. The Balaban J connectivity index is 2.18. The summed E-state index contributed by atoms with van der Waals surface area (Å²) < 4.78 is 11.8. The van der Waals surface area contributed by atoms with Crippen molar-refractivity contribution in [2.24, 2.45) is 0 Å². The summed E-state index contributed by atoms with van der Waals surface area (Å²) in [5.41, 5.74) is 1.13. The van der Waals surface area contributed by atoms with Crippen molar-refractivity contribution in [1.82, 2.24) is 0 Å². The van der Waals surface area contributed by atoms with E-state index in [0.29, 0.717) is 23.3 Å². The molecule has 1 atom stereocenters. The Labute approximate surface area is 148 Å². The van der Waals surface area contributed by atoms with Crippen LogP contribution in [0.2, 0.25) is 0 Å². The van der Waals surface area contributed by atoms with Crippen LogP contribution >= 0.6 is 6.72 Å². The van der Waals surface area contributed by atoms with Gasteiger partial charge in [-0.05, 0) is 37.1 Å². The average Bonchev–Trinajstić information content (AvgIpc) is 2.58. The fourth-order valence-electron chi connectivity index (χ4n) is 2.22. The highest BCUT2D eigenvalue weighted by molar-refractivity contribution is 8.17. The van der Waals surface area contributed by atoms with Gasteiger partial charge in [-0.2, -0.15) is 0 Å². The Morgan fingerprint density at radius 1 is 0.958 bits per heavy atom. The highest BCUT2D eigenvalue weighted by Crippen LogP contribution is 2.48. The molecule has 132 valence electrons. The Kier molecular flexibility index (Phi) is 8.07. The summed E-state index contributed by atoms with van der Waals surface area (Å²) in [6, 6.07) is 17.4. The summed E-state index contributed by atoms with van der Waals surface area (Å²) in [5.74, 6) is 0.642. The Morgan fingerprint density at radius 2 is 1.67 bits per heavy atom. The second kappa shape index (κ2) is 10.0. The lowest BCUT2D eigenvalue weighted by atomic mass is 10.2. The number of aryl methyl sites for hydroxylation is 1. The second-order valence-electron chi connectivity index (χ2n) is 5.68. The van der Waals surface area contributed by atoms with E-state index in [2.05, 4.69) is 6.92 Å². The molecule has 0 fully saturated rings. The Morgan fingerprint density at radius 3 is 2.38 bits per heavy atom. The predicted molar refractivity (Wildman–Crippen MR) is 105 cm³/mol. The van der Waals surface area contributed by atoms with Crippen LogP contribution in [0.1, 0.15) is 38.2 Å². The van der Waals surface area contributed by atoms with E-state index in [0.717, 1.165) is 23.3 Å². The van der Waals surface area contributed by atoms with Crippen LogP contribution < -0.4 is 4.52 Å². The molecule has 0 aliphatic heterocycles. The highest BCUT2D eigenvalue weighted by Gasteiger charge is 2.18. The van der Waals surface area contributed by atoms with Crippen LogP contribution in [0.15, 0.2) is 59.5 Å². The van der Waals surface area contributed by atoms with Gasteiger partial charge in [0.1, 0.15) is 5.75 Å². The van der Waals surface area contributed by atoms with Gasteiger partial charge in [-0.25, -0.2) is 0 Å². The topological polar surface area (TPSA) is 38.7 Å². The zero-order chi connectivity index (χ0) is 17.3. The number of benzene rings is 2. The normalized spacial score (nSPS) is 13.5. The highest BCUT2D eigenvalue weighted by atomic mass is 32.5. The maximum absolute atomic E-state index is 11.1. The van der Waals surface area contributed by atoms with Gasteiger partial charge in [-0.3, -0.25) is 0 Å². The molecule has 0 aromatic heterocycles. The van der Waals surface area contributed by atoms with Crippen molar-refractivity contribution in [3.8, 4) is 5.75 Å². The molecule has 0 bridgehead atoms. The first-order chi connectivity index (χ1) is 11.6. The van der Waals surface area contributed by atoms with Crippen molar-refractivity contribution in [3.05, 3.63) is 60.2 Å². The lowest BCUT2D eigenvalue weighted by molar-refractivity contribution is 0.250. The fraction of sp³-hybridized carbons (Fsp3) is 0.368. The Bertz CT molecular complexity index is 673. The van der Waals surface area contributed by atoms with Gasteiger partial charge in [0.25, 0.3) is 0 Å². The summed E-state index contributed by atoms with van der Waals surface area (Å²) in [6.07, 6.45) is 4.43. The van der Waals surface area contributed by atoms with Crippen molar-refractivity contribution < 1.29 is 13.9 Å². The summed E-state index contributed by atoms with van der Waals surface area (Å²) >= 11 is 0. The number of hydrogen-bond donors (Lipinski definition) is 2. The van der Waals surface area contributed by atoms with Gasteiger partial charge in [0, 0.05) is 4.90 Å². The van der Waals surface area contributed by atoms with E-state index in [4.69, 9.17) is 9.05 Å². The lowest BCUT2D eigenvalue weighted by Gasteiger charge is -2.21. The standard InChI is InChI=1S/C19H27O3PS/c1-3-4-5-11-16-21-23(20,22-18-13-7-6-8-14-18)24-19-15-10-9-12-17(19)2/h6-10,12-15,20,24H,3-5,11,16H2,1-2H3. The van der Waals surface area contributed by atoms with Crippen LogP contribution in [0, 0.1) is 6.92 Å².